The minimum Gasteiger partial charge on any atom is -0.462 e. The smallest absolute Gasteiger partial charge is 0.341 e. The van der Waals surface area contributed by atoms with Crippen LogP contribution in [0.25, 0.3) is 6.08 Å². The van der Waals surface area contributed by atoms with Crippen molar-refractivity contribution >= 4 is 49.7 Å². The number of ketones is 1. The van der Waals surface area contributed by atoms with E-state index >= 15 is 0 Å². The first-order chi connectivity index (χ1) is 13.8. The van der Waals surface area contributed by atoms with E-state index in [-0.39, 0.29) is 22.6 Å². The highest BCUT2D eigenvalue weighted by Crippen LogP contribution is 2.30. The number of halogens is 1. The molecular formula is C20H16BrNO6S. The van der Waals surface area contributed by atoms with Crippen LogP contribution in [-0.4, -0.2) is 43.5 Å². The van der Waals surface area contributed by atoms with Gasteiger partial charge in [-0.15, -0.1) is 0 Å². The summed E-state index contributed by atoms with van der Waals surface area (Å²) in [5.74, 6) is -2.53. The molecule has 1 aliphatic heterocycles. The molecule has 0 unspecified atom stereocenters. The molecule has 0 radical (unpaired) electrons. The van der Waals surface area contributed by atoms with Crippen LogP contribution >= 0.6 is 15.9 Å². The zero-order chi connectivity index (χ0) is 21.2. The first-order valence-electron chi connectivity index (χ1n) is 8.59. The highest BCUT2D eigenvalue weighted by atomic mass is 79.9. The van der Waals surface area contributed by atoms with Crippen molar-refractivity contribution in [2.45, 2.75) is 11.8 Å². The van der Waals surface area contributed by atoms with Gasteiger partial charge in [0.25, 0.3) is 15.9 Å². The SMILES string of the molecule is CCOC(=O)C(=Cc1ccc(Br)cc1)C(=O)CN1C(=O)c2ccccc2S1(=O)=O. The number of fused-ring (bicyclic) bond motifs is 1. The molecule has 2 aromatic rings. The van der Waals surface area contributed by atoms with Gasteiger partial charge < -0.3 is 4.74 Å². The fourth-order valence-electron chi connectivity index (χ4n) is 2.79. The topological polar surface area (TPSA) is 97.8 Å². The van der Waals surface area contributed by atoms with Gasteiger partial charge in [0.05, 0.1) is 12.2 Å². The first-order valence-corrected chi connectivity index (χ1v) is 10.8. The van der Waals surface area contributed by atoms with Crippen molar-refractivity contribution in [1.29, 1.82) is 0 Å². The van der Waals surface area contributed by atoms with E-state index in [0.717, 1.165) is 4.47 Å². The Balaban J connectivity index is 1.94. The summed E-state index contributed by atoms with van der Waals surface area (Å²) in [5, 5.41) is 0. The zero-order valence-corrected chi connectivity index (χ0v) is 17.7. The van der Waals surface area contributed by atoms with E-state index in [1.54, 1.807) is 31.2 Å². The largest absolute Gasteiger partial charge is 0.462 e. The van der Waals surface area contributed by atoms with Gasteiger partial charge in [0, 0.05) is 4.47 Å². The van der Waals surface area contributed by atoms with E-state index in [0.29, 0.717) is 9.87 Å². The van der Waals surface area contributed by atoms with Crippen LogP contribution in [0, 0.1) is 0 Å². The second-order valence-electron chi connectivity index (χ2n) is 6.07. The summed E-state index contributed by atoms with van der Waals surface area (Å²) in [6.45, 7) is 0.831. The van der Waals surface area contributed by atoms with Crippen LogP contribution in [0.3, 0.4) is 0 Å². The maximum Gasteiger partial charge on any atom is 0.341 e. The van der Waals surface area contributed by atoms with E-state index in [9.17, 15) is 22.8 Å². The third-order valence-corrected chi connectivity index (χ3v) is 6.49. The molecule has 0 atom stereocenters. The molecule has 0 aliphatic carbocycles. The van der Waals surface area contributed by atoms with Crippen LogP contribution in [-0.2, 0) is 24.3 Å². The maximum atomic E-state index is 12.8. The standard InChI is InChI=1S/C20H16BrNO6S/c1-2-28-20(25)16(11-13-7-9-14(21)10-8-13)17(23)12-22-19(24)15-5-3-4-6-18(15)29(22,26)27/h3-11H,2,12H2,1H3. The van der Waals surface area contributed by atoms with Crippen LogP contribution in [0.5, 0.6) is 0 Å². The molecule has 0 aromatic heterocycles. The van der Waals surface area contributed by atoms with Crippen molar-refractivity contribution in [3.8, 4) is 0 Å². The number of sulfonamides is 1. The zero-order valence-electron chi connectivity index (χ0n) is 15.3. The number of nitrogens with zero attached hydrogens (tertiary/aromatic N) is 1. The van der Waals surface area contributed by atoms with Crippen molar-refractivity contribution in [1.82, 2.24) is 4.31 Å². The Hall–Kier alpha value is -2.78. The fraction of sp³-hybridized carbons (Fsp3) is 0.150. The lowest BCUT2D eigenvalue weighted by Gasteiger charge is -2.15. The molecule has 3 rings (SSSR count). The Bertz CT molecular complexity index is 1120. The normalized spacial score (nSPS) is 15.2. The maximum absolute atomic E-state index is 12.8. The summed E-state index contributed by atoms with van der Waals surface area (Å²) >= 11 is 3.30. The molecule has 0 saturated heterocycles. The Morgan fingerprint density at radius 1 is 1.10 bits per heavy atom. The van der Waals surface area contributed by atoms with Gasteiger partial charge >= 0.3 is 5.97 Å². The second-order valence-corrected chi connectivity index (χ2v) is 8.81. The number of carbonyl (C=O) groups is 3. The van der Waals surface area contributed by atoms with Crippen molar-refractivity contribution in [3.63, 3.8) is 0 Å². The molecule has 0 fully saturated rings. The average Bonchev–Trinajstić information content (AvgIpc) is 2.88. The molecule has 0 N–H and O–H groups in total. The molecule has 1 aliphatic rings. The quantitative estimate of drug-likeness (QED) is 0.274. The third kappa shape index (κ3) is 4.15. The summed E-state index contributed by atoms with van der Waals surface area (Å²) in [5.41, 5.74) is 0.200. The van der Waals surface area contributed by atoms with Crippen LogP contribution in [0.15, 0.2) is 63.5 Å². The summed E-state index contributed by atoms with van der Waals surface area (Å²) < 4.78 is 31.5. The predicted molar refractivity (Wildman–Crippen MR) is 108 cm³/mol. The molecule has 9 heteroatoms. The van der Waals surface area contributed by atoms with Crippen LogP contribution in [0.2, 0.25) is 0 Å². The number of Topliss-reactive ketones (excluding diaryl/α,β-unsaturated/α-hetero) is 1. The summed E-state index contributed by atoms with van der Waals surface area (Å²) in [4.78, 5) is 37.5. The number of hydrogen-bond donors (Lipinski definition) is 0. The Kier molecular flexibility index (Phi) is 5.99. The van der Waals surface area contributed by atoms with E-state index in [4.69, 9.17) is 4.74 Å². The Labute approximate surface area is 176 Å². The molecule has 0 spiro atoms. The van der Waals surface area contributed by atoms with Gasteiger partial charge in [0.15, 0.2) is 5.78 Å². The van der Waals surface area contributed by atoms with Crippen LogP contribution in [0.1, 0.15) is 22.8 Å². The van der Waals surface area contributed by atoms with Crippen molar-refractivity contribution in [2.75, 3.05) is 13.2 Å². The number of amides is 1. The lowest BCUT2D eigenvalue weighted by Crippen LogP contribution is -2.36. The van der Waals surface area contributed by atoms with Gasteiger partial charge in [0.1, 0.15) is 17.0 Å². The van der Waals surface area contributed by atoms with Gasteiger partial charge in [-0.1, -0.05) is 40.2 Å². The molecule has 0 saturated carbocycles. The van der Waals surface area contributed by atoms with Gasteiger partial charge in [0.2, 0.25) is 0 Å². The Morgan fingerprint density at radius 2 is 1.76 bits per heavy atom. The second kappa shape index (κ2) is 8.30. The lowest BCUT2D eigenvalue weighted by atomic mass is 10.1. The highest BCUT2D eigenvalue weighted by molar-refractivity contribution is 9.10. The van der Waals surface area contributed by atoms with Gasteiger partial charge in [-0.25, -0.2) is 17.5 Å². The summed E-state index contributed by atoms with van der Waals surface area (Å²) in [6.07, 6.45) is 1.31. The fourth-order valence-corrected chi connectivity index (χ4v) is 4.58. The van der Waals surface area contributed by atoms with E-state index in [1.807, 2.05) is 0 Å². The molecule has 1 amide bonds. The molecular weight excluding hydrogens is 462 g/mol. The van der Waals surface area contributed by atoms with Crippen molar-refractivity contribution < 1.29 is 27.5 Å². The van der Waals surface area contributed by atoms with E-state index in [2.05, 4.69) is 15.9 Å². The number of esters is 1. The number of ether oxygens (including phenoxy) is 1. The molecule has 0 bridgehead atoms. The van der Waals surface area contributed by atoms with Crippen LogP contribution < -0.4 is 0 Å². The Morgan fingerprint density at radius 3 is 2.38 bits per heavy atom. The summed E-state index contributed by atoms with van der Waals surface area (Å²) in [6, 6.07) is 12.5. The monoisotopic (exact) mass is 477 g/mol. The number of hydrogen-bond acceptors (Lipinski definition) is 6. The van der Waals surface area contributed by atoms with Crippen LogP contribution in [0.4, 0.5) is 0 Å². The predicted octanol–water partition coefficient (Wildman–Crippen LogP) is 2.81. The van der Waals surface area contributed by atoms with Gasteiger partial charge in [-0.3, -0.25) is 9.59 Å². The minimum atomic E-state index is -4.16. The molecule has 1 heterocycles. The average molecular weight is 478 g/mol. The molecule has 150 valence electrons. The minimum absolute atomic E-state index is 0.00475. The lowest BCUT2D eigenvalue weighted by molar-refractivity contribution is -0.139. The molecule has 29 heavy (non-hydrogen) atoms. The highest BCUT2D eigenvalue weighted by Gasteiger charge is 2.42. The third-order valence-electron chi connectivity index (χ3n) is 4.18. The summed E-state index contributed by atoms with van der Waals surface area (Å²) in [7, 11) is -4.16. The number of carbonyl (C=O) groups excluding carboxylic acids is 3. The number of rotatable bonds is 6. The first kappa shape index (κ1) is 20.9. The van der Waals surface area contributed by atoms with Gasteiger partial charge in [-0.05, 0) is 42.8 Å². The van der Waals surface area contributed by atoms with Gasteiger partial charge in [-0.2, -0.15) is 0 Å². The van der Waals surface area contributed by atoms with Crippen molar-refractivity contribution in [3.05, 3.63) is 69.7 Å². The molecule has 7 nitrogen and oxygen atoms in total. The van der Waals surface area contributed by atoms with E-state index in [1.165, 1.54) is 30.3 Å². The van der Waals surface area contributed by atoms with E-state index < -0.39 is 34.2 Å². The number of benzene rings is 2. The molecule has 2 aromatic carbocycles. The van der Waals surface area contributed by atoms with Crippen molar-refractivity contribution in [2.24, 2.45) is 0 Å².